The fourth-order valence-corrected chi connectivity index (χ4v) is 1.000. The van der Waals surface area contributed by atoms with E-state index in [4.69, 9.17) is 22.3 Å². The summed E-state index contributed by atoms with van der Waals surface area (Å²) < 4.78 is 0. The molecule has 0 unspecified atom stereocenters. The van der Waals surface area contributed by atoms with Crippen molar-refractivity contribution in [3.63, 3.8) is 0 Å². The molecule has 0 saturated carbocycles. The summed E-state index contributed by atoms with van der Waals surface area (Å²) in [4.78, 5) is 9.70. The highest BCUT2D eigenvalue weighted by atomic mass is 16.4. The van der Waals surface area contributed by atoms with Crippen molar-refractivity contribution in [2.45, 2.75) is 32.1 Å². The Kier molecular flexibility index (Phi) is 19.4. The minimum absolute atomic E-state index is 0.191. The van der Waals surface area contributed by atoms with Crippen LogP contribution < -0.4 is 22.5 Å². The van der Waals surface area contributed by atoms with Gasteiger partial charge >= 0.3 is 5.97 Å². The van der Waals surface area contributed by atoms with Crippen molar-refractivity contribution in [2.75, 3.05) is 32.7 Å². The molecule has 0 aromatic rings. The lowest BCUT2D eigenvalue weighted by Gasteiger charge is -2.01. The summed E-state index contributed by atoms with van der Waals surface area (Å²) in [5.41, 5.74) is 15.6. The van der Waals surface area contributed by atoms with E-state index in [0.717, 1.165) is 39.0 Å². The summed E-state index contributed by atoms with van der Waals surface area (Å²) in [7, 11) is 0. The molecule has 0 aromatic carbocycles. The molecule has 6 heteroatoms. The number of nitrogens with one attached hydrogen (secondary N) is 1. The van der Waals surface area contributed by atoms with Gasteiger partial charge in [-0.25, -0.2) is 0 Å². The molecule has 0 saturated heterocycles. The van der Waals surface area contributed by atoms with Gasteiger partial charge in [0.25, 0.3) is 0 Å². The molecule has 0 amide bonds. The zero-order valence-electron chi connectivity index (χ0n) is 10.7. The molecular formula is C11H28N4O2. The van der Waals surface area contributed by atoms with Crippen LogP contribution >= 0.6 is 0 Å². The van der Waals surface area contributed by atoms with Gasteiger partial charge in [-0.2, -0.15) is 0 Å². The molecule has 0 rings (SSSR count). The fraction of sp³-hybridized carbons (Fsp3) is 0.909. The van der Waals surface area contributed by atoms with Gasteiger partial charge in [-0.3, -0.25) is 4.79 Å². The predicted molar refractivity (Wildman–Crippen MR) is 70.8 cm³/mol. The normalized spacial score (nSPS) is 9.59. The van der Waals surface area contributed by atoms with E-state index in [0.29, 0.717) is 13.0 Å². The number of hydrogen-bond donors (Lipinski definition) is 5. The molecule has 6 nitrogen and oxygen atoms in total. The van der Waals surface area contributed by atoms with Crippen molar-refractivity contribution in [3.05, 3.63) is 0 Å². The first-order valence-corrected chi connectivity index (χ1v) is 6.21. The zero-order chi connectivity index (χ0) is 13.4. The van der Waals surface area contributed by atoms with Crippen LogP contribution in [0.2, 0.25) is 0 Å². The highest BCUT2D eigenvalue weighted by Crippen LogP contribution is 1.82. The van der Waals surface area contributed by atoms with Crippen LogP contribution in [0.3, 0.4) is 0 Å². The second-order valence-electron chi connectivity index (χ2n) is 3.67. The first kappa shape index (κ1) is 18.7. The second kappa shape index (κ2) is 17.7. The van der Waals surface area contributed by atoms with E-state index in [-0.39, 0.29) is 6.42 Å². The Morgan fingerprint density at radius 3 is 1.82 bits per heavy atom. The molecule has 8 N–H and O–H groups in total. The molecule has 0 aliphatic carbocycles. The highest BCUT2D eigenvalue weighted by molar-refractivity contribution is 5.66. The summed E-state index contributed by atoms with van der Waals surface area (Å²) in [5, 5.41) is 11.3. The minimum Gasteiger partial charge on any atom is -0.481 e. The van der Waals surface area contributed by atoms with Gasteiger partial charge in [-0.15, -0.1) is 0 Å². The molecule has 0 spiro atoms. The number of carboxylic acid groups (broad SMARTS) is 1. The van der Waals surface area contributed by atoms with Crippen molar-refractivity contribution >= 4 is 5.97 Å². The highest BCUT2D eigenvalue weighted by Gasteiger charge is 1.91. The smallest absolute Gasteiger partial charge is 0.303 e. The summed E-state index contributed by atoms with van der Waals surface area (Å²) in [6.45, 7) is 4.17. The van der Waals surface area contributed by atoms with Crippen LogP contribution in [0.4, 0.5) is 0 Å². The molecule has 0 aliphatic rings. The Hall–Kier alpha value is -0.690. The topological polar surface area (TPSA) is 127 Å². The minimum atomic E-state index is -0.773. The number of carbonyl (C=O) groups is 1. The van der Waals surface area contributed by atoms with Gasteiger partial charge in [0.2, 0.25) is 0 Å². The van der Waals surface area contributed by atoms with Crippen LogP contribution in [-0.2, 0) is 4.79 Å². The van der Waals surface area contributed by atoms with E-state index in [1.54, 1.807) is 0 Å². The SMILES string of the molecule is NCCCC(=O)O.NCCCCNCCCN. The molecule has 0 heterocycles. The summed E-state index contributed by atoms with van der Waals surface area (Å²) in [6, 6.07) is 0. The standard InChI is InChI=1S/C7H19N3.C4H9NO2/c8-4-1-2-6-10-7-3-5-9;5-3-1-2-4(6)7/h10H,1-9H2;1-3,5H2,(H,6,7). The molecule has 0 aliphatic heterocycles. The van der Waals surface area contributed by atoms with Gasteiger partial charge in [0.15, 0.2) is 0 Å². The Labute approximate surface area is 104 Å². The van der Waals surface area contributed by atoms with E-state index in [9.17, 15) is 4.79 Å². The van der Waals surface area contributed by atoms with Gasteiger partial charge in [-0.1, -0.05) is 0 Å². The molecule has 17 heavy (non-hydrogen) atoms. The molecule has 0 bridgehead atoms. The van der Waals surface area contributed by atoms with E-state index >= 15 is 0 Å². The Bertz CT molecular complexity index is 148. The van der Waals surface area contributed by atoms with E-state index < -0.39 is 5.97 Å². The van der Waals surface area contributed by atoms with Crippen LogP contribution in [0.15, 0.2) is 0 Å². The van der Waals surface area contributed by atoms with Crippen LogP contribution in [-0.4, -0.2) is 43.8 Å². The summed E-state index contributed by atoms with van der Waals surface area (Å²) in [6.07, 6.45) is 4.14. The van der Waals surface area contributed by atoms with Gasteiger partial charge in [0, 0.05) is 6.42 Å². The molecule has 0 atom stereocenters. The summed E-state index contributed by atoms with van der Waals surface area (Å²) in [5.74, 6) is -0.773. The van der Waals surface area contributed by atoms with Gasteiger partial charge in [0.05, 0.1) is 0 Å². The van der Waals surface area contributed by atoms with E-state index in [1.807, 2.05) is 0 Å². The quantitative estimate of drug-likeness (QED) is 0.331. The monoisotopic (exact) mass is 248 g/mol. The second-order valence-corrected chi connectivity index (χ2v) is 3.67. The number of hydrogen-bond acceptors (Lipinski definition) is 5. The lowest BCUT2D eigenvalue weighted by atomic mass is 10.3. The zero-order valence-corrected chi connectivity index (χ0v) is 10.7. The van der Waals surface area contributed by atoms with Crippen LogP contribution in [0.5, 0.6) is 0 Å². The van der Waals surface area contributed by atoms with Gasteiger partial charge in [-0.05, 0) is 58.4 Å². The van der Waals surface area contributed by atoms with Crippen LogP contribution in [0.1, 0.15) is 32.1 Å². The average Bonchev–Trinajstić information content (AvgIpc) is 2.32. The maximum Gasteiger partial charge on any atom is 0.303 e. The van der Waals surface area contributed by atoms with Crippen molar-refractivity contribution in [3.8, 4) is 0 Å². The van der Waals surface area contributed by atoms with Crippen molar-refractivity contribution in [2.24, 2.45) is 17.2 Å². The molecular weight excluding hydrogens is 220 g/mol. The van der Waals surface area contributed by atoms with E-state index in [2.05, 4.69) is 5.32 Å². The first-order chi connectivity index (χ1) is 8.18. The predicted octanol–water partition coefficient (Wildman–Crippen LogP) is -0.526. The first-order valence-electron chi connectivity index (χ1n) is 6.21. The van der Waals surface area contributed by atoms with Crippen molar-refractivity contribution in [1.82, 2.24) is 5.32 Å². The van der Waals surface area contributed by atoms with Crippen molar-refractivity contribution < 1.29 is 9.90 Å². The third-order valence-electron chi connectivity index (χ3n) is 1.96. The Balaban J connectivity index is 0. The number of nitrogens with two attached hydrogens (primary N) is 3. The maximum absolute atomic E-state index is 9.70. The number of unbranched alkanes of at least 4 members (excludes halogenated alkanes) is 1. The van der Waals surface area contributed by atoms with E-state index in [1.165, 1.54) is 6.42 Å². The van der Waals surface area contributed by atoms with Crippen LogP contribution in [0.25, 0.3) is 0 Å². The lowest BCUT2D eigenvalue weighted by Crippen LogP contribution is -2.19. The largest absolute Gasteiger partial charge is 0.481 e. The average molecular weight is 248 g/mol. The van der Waals surface area contributed by atoms with Gasteiger partial charge in [0.1, 0.15) is 0 Å². The molecule has 0 aromatic heterocycles. The van der Waals surface area contributed by atoms with Gasteiger partial charge < -0.3 is 27.6 Å². The summed E-state index contributed by atoms with van der Waals surface area (Å²) >= 11 is 0. The molecule has 104 valence electrons. The molecule has 0 radical (unpaired) electrons. The Morgan fingerprint density at radius 1 is 0.882 bits per heavy atom. The third kappa shape index (κ3) is 25.5. The molecule has 0 fully saturated rings. The number of rotatable bonds is 10. The number of carboxylic acids is 1. The maximum atomic E-state index is 9.70. The third-order valence-corrected chi connectivity index (χ3v) is 1.96. The fourth-order valence-electron chi connectivity index (χ4n) is 1.000. The van der Waals surface area contributed by atoms with Crippen LogP contribution in [0, 0.1) is 0 Å². The van der Waals surface area contributed by atoms with Crippen molar-refractivity contribution in [1.29, 1.82) is 0 Å². The number of aliphatic carboxylic acids is 1. The Morgan fingerprint density at radius 2 is 1.41 bits per heavy atom. The lowest BCUT2D eigenvalue weighted by molar-refractivity contribution is -0.137.